The lowest BCUT2D eigenvalue weighted by atomic mass is 9.96. The van der Waals surface area contributed by atoms with Crippen LogP contribution in [0.5, 0.6) is 0 Å². The van der Waals surface area contributed by atoms with Gasteiger partial charge in [0.05, 0.1) is 0 Å². The predicted molar refractivity (Wildman–Crippen MR) is 102 cm³/mol. The van der Waals surface area contributed by atoms with Crippen molar-refractivity contribution in [3.63, 3.8) is 0 Å². The molecule has 2 aromatic rings. The van der Waals surface area contributed by atoms with Crippen LogP contribution in [0, 0.1) is 6.92 Å². The predicted octanol–water partition coefficient (Wildman–Crippen LogP) is 2.05. The molecule has 0 aromatic carbocycles. The third-order valence-electron chi connectivity index (χ3n) is 5.20. The SMILES string of the molecule is CCNc1cc(C)nc(N2CCN(C(=O)c3noc4c3CCCC4)CC2)n1. The van der Waals surface area contributed by atoms with Gasteiger partial charge in [0.2, 0.25) is 5.95 Å². The van der Waals surface area contributed by atoms with Gasteiger partial charge in [-0.05, 0) is 33.1 Å². The van der Waals surface area contributed by atoms with Gasteiger partial charge in [0.15, 0.2) is 5.69 Å². The van der Waals surface area contributed by atoms with Crippen LogP contribution in [0.25, 0.3) is 0 Å². The molecule has 1 aliphatic heterocycles. The van der Waals surface area contributed by atoms with Crippen molar-refractivity contribution in [2.75, 3.05) is 42.9 Å². The summed E-state index contributed by atoms with van der Waals surface area (Å²) in [6.45, 7) is 7.52. The first-order valence-corrected chi connectivity index (χ1v) is 9.77. The van der Waals surface area contributed by atoms with E-state index in [2.05, 4.69) is 25.3 Å². The number of carbonyl (C=O) groups is 1. The molecule has 1 fully saturated rings. The standard InChI is InChI=1S/C19H26N6O2/c1-3-20-16-12-13(2)21-19(22-16)25-10-8-24(9-11-25)18(26)17-14-6-4-5-7-15(14)27-23-17/h12H,3-11H2,1-2H3,(H,20,21,22). The Kier molecular flexibility index (Phi) is 4.96. The number of anilines is 2. The number of fused-ring (bicyclic) bond motifs is 1. The van der Waals surface area contributed by atoms with Crippen LogP contribution in [0.4, 0.5) is 11.8 Å². The third kappa shape index (κ3) is 3.61. The summed E-state index contributed by atoms with van der Waals surface area (Å²) < 4.78 is 5.40. The van der Waals surface area contributed by atoms with Crippen LogP contribution in [-0.4, -0.2) is 58.7 Å². The van der Waals surface area contributed by atoms with Gasteiger partial charge in [-0.3, -0.25) is 4.79 Å². The number of nitrogens with one attached hydrogen (secondary N) is 1. The van der Waals surface area contributed by atoms with Crippen molar-refractivity contribution in [2.45, 2.75) is 39.5 Å². The van der Waals surface area contributed by atoms with Gasteiger partial charge >= 0.3 is 0 Å². The largest absolute Gasteiger partial charge is 0.370 e. The van der Waals surface area contributed by atoms with Gasteiger partial charge in [0, 0.05) is 56.5 Å². The number of hydrogen-bond acceptors (Lipinski definition) is 7. The van der Waals surface area contributed by atoms with Gasteiger partial charge in [-0.25, -0.2) is 4.98 Å². The summed E-state index contributed by atoms with van der Waals surface area (Å²) in [7, 11) is 0. The fraction of sp³-hybridized carbons (Fsp3) is 0.579. The van der Waals surface area contributed by atoms with Crippen molar-refractivity contribution in [3.8, 4) is 0 Å². The molecule has 8 heteroatoms. The molecule has 144 valence electrons. The van der Waals surface area contributed by atoms with Crippen molar-refractivity contribution < 1.29 is 9.32 Å². The van der Waals surface area contributed by atoms with Gasteiger partial charge in [0.1, 0.15) is 11.6 Å². The van der Waals surface area contributed by atoms with E-state index in [0.717, 1.165) is 61.0 Å². The molecule has 1 saturated heterocycles. The maximum Gasteiger partial charge on any atom is 0.276 e. The fourth-order valence-electron chi connectivity index (χ4n) is 3.78. The van der Waals surface area contributed by atoms with E-state index in [0.29, 0.717) is 31.9 Å². The molecule has 0 bridgehead atoms. The molecule has 27 heavy (non-hydrogen) atoms. The van der Waals surface area contributed by atoms with Crippen molar-refractivity contribution in [1.82, 2.24) is 20.0 Å². The highest BCUT2D eigenvalue weighted by molar-refractivity contribution is 5.94. The summed E-state index contributed by atoms with van der Waals surface area (Å²) in [5.41, 5.74) is 2.47. The van der Waals surface area contributed by atoms with Gasteiger partial charge in [0.25, 0.3) is 5.91 Å². The van der Waals surface area contributed by atoms with E-state index in [1.807, 2.05) is 24.8 Å². The highest BCUT2D eigenvalue weighted by Crippen LogP contribution is 2.25. The van der Waals surface area contributed by atoms with Gasteiger partial charge < -0.3 is 19.6 Å². The Morgan fingerprint density at radius 3 is 2.74 bits per heavy atom. The van der Waals surface area contributed by atoms with Crippen molar-refractivity contribution >= 4 is 17.7 Å². The lowest BCUT2D eigenvalue weighted by molar-refractivity contribution is 0.0734. The smallest absolute Gasteiger partial charge is 0.276 e. The van der Waals surface area contributed by atoms with E-state index in [1.165, 1.54) is 0 Å². The number of carbonyl (C=O) groups excluding carboxylic acids is 1. The summed E-state index contributed by atoms with van der Waals surface area (Å²) in [5, 5.41) is 7.32. The van der Waals surface area contributed by atoms with Crippen LogP contribution in [0.3, 0.4) is 0 Å². The quantitative estimate of drug-likeness (QED) is 0.881. The molecule has 0 radical (unpaired) electrons. The summed E-state index contributed by atoms with van der Waals surface area (Å²) >= 11 is 0. The number of aryl methyl sites for hydroxylation is 2. The molecule has 0 atom stereocenters. The Morgan fingerprint density at radius 1 is 1.19 bits per heavy atom. The molecule has 0 saturated carbocycles. The fourth-order valence-corrected chi connectivity index (χ4v) is 3.78. The number of amides is 1. The van der Waals surface area contributed by atoms with E-state index in [1.54, 1.807) is 0 Å². The zero-order valence-electron chi connectivity index (χ0n) is 16.0. The molecule has 1 amide bonds. The lowest BCUT2D eigenvalue weighted by Gasteiger charge is -2.34. The summed E-state index contributed by atoms with van der Waals surface area (Å²) in [5.74, 6) is 2.44. The second-order valence-electron chi connectivity index (χ2n) is 7.14. The normalized spacial score (nSPS) is 17.0. The molecule has 3 heterocycles. The molecular weight excluding hydrogens is 344 g/mol. The average molecular weight is 370 g/mol. The average Bonchev–Trinajstić information content (AvgIpc) is 3.11. The Hall–Kier alpha value is -2.64. The van der Waals surface area contributed by atoms with Crippen LogP contribution < -0.4 is 10.2 Å². The number of piperazine rings is 1. The number of nitrogens with zero attached hydrogens (tertiary/aromatic N) is 5. The monoisotopic (exact) mass is 370 g/mol. The van der Waals surface area contributed by atoms with Gasteiger partial charge in [-0.15, -0.1) is 0 Å². The van der Waals surface area contributed by atoms with E-state index in [-0.39, 0.29) is 5.91 Å². The first-order valence-electron chi connectivity index (χ1n) is 9.77. The first kappa shape index (κ1) is 17.8. The van der Waals surface area contributed by atoms with E-state index >= 15 is 0 Å². The van der Waals surface area contributed by atoms with E-state index < -0.39 is 0 Å². The van der Waals surface area contributed by atoms with E-state index in [4.69, 9.17) is 4.52 Å². The topological polar surface area (TPSA) is 87.4 Å². The zero-order valence-corrected chi connectivity index (χ0v) is 16.0. The summed E-state index contributed by atoms with van der Waals surface area (Å²) in [4.78, 5) is 26.1. The minimum Gasteiger partial charge on any atom is -0.370 e. The number of rotatable bonds is 4. The number of aromatic nitrogens is 3. The molecular formula is C19H26N6O2. The van der Waals surface area contributed by atoms with E-state index in [9.17, 15) is 4.79 Å². The highest BCUT2D eigenvalue weighted by atomic mass is 16.5. The van der Waals surface area contributed by atoms with Crippen molar-refractivity contribution in [1.29, 1.82) is 0 Å². The summed E-state index contributed by atoms with van der Waals surface area (Å²) in [6.07, 6.45) is 3.99. The molecule has 0 unspecified atom stereocenters. The number of hydrogen-bond donors (Lipinski definition) is 1. The van der Waals surface area contributed by atoms with Crippen LogP contribution >= 0.6 is 0 Å². The van der Waals surface area contributed by atoms with Gasteiger partial charge in [-0.1, -0.05) is 5.16 Å². The molecule has 2 aromatic heterocycles. The maximum atomic E-state index is 12.9. The Morgan fingerprint density at radius 2 is 1.96 bits per heavy atom. The highest BCUT2D eigenvalue weighted by Gasteiger charge is 2.30. The molecule has 0 spiro atoms. The van der Waals surface area contributed by atoms with Crippen molar-refractivity contribution in [2.24, 2.45) is 0 Å². The zero-order chi connectivity index (χ0) is 18.8. The molecule has 2 aliphatic rings. The third-order valence-corrected chi connectivity index (χ3v) is 5.20. The van der Waals surface area contributed by atoms with Crippen LogP contribution in [0.15, 0.2) is 10.6 Å². The minimum absolute atomic E-state index is 0.0138. The Balaban J connectivity index is 1.43. The molecule has 4 rings (SSSR count). The second-order valence-corrected chi connectivity index (χ2v) is 7.14. The first-order chi connectivity index (χ1) is 13.2. The minimum atomic E-state index is -0.0138. The van der Waals surface area contributed by atoms with Gasteiger partial charge in [-0.2, -0.15) is 4.98 Å². The maximum absolute atomic E-state index is 12.9. The molecule has 8 nitrogen and oxygen atoms in total. The lowest BCUT2D eigenvalue weighted by Crippen LogP contribution is -2.49. The molecule has 1 N–H and O–H groups in total. The Labute approximate surface area is 158 Å². The van der Waals surface area contributed by atoms with Crippen LogP contribution in [-0.2, 0) is 12.8 Å². The second kappa shape index (κ2) is 7.54. The van der Waals surface area contributed by atoms with Crippen LogP contribution in [0.2, 0.25) is 0 Å². The summed E-state index contributed by atoms with van der Waals surface area (Å²) in [6, 6.07) is 1.94. The molecule has 1 aliphatic carbocycles. The Bertz CT molecular complexity index is 826. The van der Waals surface area contributed by atoms with Crippen LogP contribution in [0.1, 0.15) is 47.3 Å². The van der Waals surface area contributed by atoms with Crippen molar-refractivity contribution in [3.05, 3.63) is 28.8 Å².